The van der Waals surface area contributed by atoms with Crippen molar-refractivity contribution in [3.63, 3.8) is 0 Å². The second kappa shape index (κ2) is 2.91. The van der Waals surface area contributed by atoms with E-state index in [2.05, 4.69) is 13.8 Å². The summed E-state index contributed by atoms with van der Waals surface area (Å²) in [5.74, 6) is 0.983. The maximum Gasteiger partial charge on any atom is 0.165 e. The maximum absolute atomic E-state index is 9.85. The lowest BCUT2D eigenvalue weighted by atomic mass is 9.93. The molecule has 0 saturated carbocycles. The van der Waals surface area contributed by atoms with Gasteiger partial charge >= 0.3 is 0 Å². The van der Waals surface area contributed by atoms with Crippen molar-refractivity contribution in [2.75, 3.05) is 0 Å². The predicted octanol–water partition coefficient (Wildman–Crippen LogP) is 2.80. The highest BCUT2D eigenvalue weighted by atomic mass is 16.5. The van der Waals surface area contributed by atoms with Crippen LogP contribution in [-0.4, -0.2) is 10.7 Å². The molecule has 0 aromatic heterocycles. The average molecular weight is 192 g/mol. The molecule has 2 nitrogen and oxygen atoms in total. The van der Waals surface area contributed by atoms with E-state index in [9.17, 15) is 5.11 Å². The molecular weight excluding hydrogens is 176 g/mol. The molecule has 0 fully saturated rings. The number of ether oxygens (including phenoxy) is 1. The molecular formula is C12H16O2. The van der Waals surface area contributed by atoms with Gasteiger partial charge < -0.3 is 9.84 Å². The van der Waals surface area contributed by atoms with Crippen LogP contribution in [0.4, 0.5) is 0 Å². The summed E-state index contributed by atoms with van der Waals surface area (Å²) in [6, 6.07) is 3.98. The van der Waals surface area contributed by atoms with Gasteiger partial charge in [-0.05, 0) is 44.7 Å². The highest BCUT2D eigenvalue weighted by molar-refractivity contribution is 5.51. The van der Waals surface area contributed by atoms with E-state index in [4.69, 9.17) is 4.74 Å². The van der Waals surface area contributed by atoms with Gasteiger partial charge in [0.1, 0.15) is 5.60 Å². The zero-order chi connectivity index (χ0) is 10.3. The maximum atomic E-state index is 9.85. The minimum Gasteiger partial charge on any atom is -0.504 e. The third-order valence-electron chi connectivity index (χ3n) is 2.79. The Labute approximate surface area is 84.5 Å². The summed E-state index contributed by atoms with van der Waals surface area (Å²) in [6.07, 6.45) is 1.98. The number of benzene rings is 1. The summed E-state index contributed by atoms with van der Waals surface area (Å²) < 4.78 is 5.78. The zero-order valence-electron chi connectivity index (χ0n) is 8.92. The van der Waals surface area contributed by atoms with Crippen molar-refractivity contribution >= 4 is 0 Å². The van der Waals surface area contributed by atoms with Crippen LogP contribution in [0.25, 0.3) is 0 Å². The molecule has 1 aromatic carbocycles. The first-order valence-corrected chi connectivity index (χ1v) is 5.00. The van der Waals surface area contributed by atoms with Crippen molar-refractivity contribution in [1.29, 1.82) is 0 Å². The Kier molecular flexibility index (Phi) is 1.95. The fourth-order valence-electron chi connectivity index (χ4n) is 1.79. The van der Waals surface area contributed by atoms with Crippen LogP contribution in [0.5, 0.6) is 11.5 Å². The Hall–Kier alpha value is -1.18. The topological polar surface area (TPSA) is 29.5 Å². The molecule has 1 aromatic rings. The smallest absolute Gasteiger partial charge is 0.165 e. The van der Waals surface area contributed by atoms with Crippen molar-refractivity contribution in [2.24, 2.45) is 0 Å². The lowest BCUT2D eigenvalue weighted by Gasteiger charge is -2.33. The molecule has 0 unspecified atom stereocenters. The van der Waals surface area contributed by atoms with E-state index < -0.39 is 0 Å². The number of phenols is 1. The van der Waals surface area contributed by atoms with E-state index in [-0.39, 0.29) is 5.60 Å². The summed E-state index contributed by atoms with van der Waals surface area (Å²) >= 11 is 0. The molecule has 0 bridgehead atoms. The number of fused-ring (bicyclic) bond motifs is 1. The molecule has 0 saturated heterocycles. The average Bonchev–Trinajstić information content (AvgIpc) is 2.11. The Morgan fingerprint density at radius 3 is 2.79 bits per heavy atom. The summed E-state index contributed by atoms with van der Waals surface area (Å²) in [4.78, 5) is 0. The van der Waals surface area contributed by atoms with Crippen LogP contribution in [0.2, 0.25) is 0 Å². The fourth-order valence-corrected chi connectivity index (χ4v) is 1.79. The van der Waals surface area contributed by atoms with E-state index >= 15 is 0 Å². The van der Waals surface area contributed by atoms with Crippen molar-refractivity contribution in [1.82, 2.24) is 0 Å². The lowest BCUT2D eigenvalue weighted by Crippen LogP contribution is -2.32. The van der Waals surface area contributed by atoms with Gasteiger partial charge in [0, 0.05) is 0 Å². The fraction of sp³-hybridized carbons (Fsp3) is 0.500. The molecule has 1 N–H and O–H groups in total. The first-order chi connectivity index (χ1) is 6.49. The molecule has 1 heterocycles. The Balaban J connectivity index is 2.49. The SMILES string of the molecule is Cc1ccc2c(c1O)OC(C)(C)CC2. The van der Waals surface area contributed by atoms with Crippen molar-refractivity contribution in [2.45, 2.75) is 39.2 Å². The van der Waals surface area contributed by atoms with Crippen LogP contribution in [0, 0.1) is 6.92 Å². The van der Waals surface area contributed by atoms with Gasteiger partial charge in [-0.25, -0.2) is 0 Å². The largest absolute Gasteiger partial charge is 0.504 e. The number of aryl methyl sites for hydroxylation is 2. The van der Waals surface area contributed by atoms with E-state index in [0.717, 1.165) is 24.0 Å². The van der Waals surface area contributed by atoms with E-state index in [0.29, 0.717) is 11.5 Å². The molecule has 0 radical (unpaired) electrons. The molecule has 76 valence electrons. The van der Waals surface area contributed by atoms with Crippen LogP contribution in [0.1, 0.15) is 31.4 Å². The normalized spacial score (nSPS) is 18.5. The highest BCUT2D eigenvalue weighted by Crippen LogP contribution is 2.40. The Bertz CT molecular complexity index is 367. The monoisotopic (exact) mass is 192 g/mol. The molecule has 0 atom stereocenters. The quantitative estimate of drug-likeness (QED) is 0.685. The molecule has 14 heavy (non-hydrogen) atoms. The second-order valence-corrected chi connectivity index (χ2v) is 4.58. The minimum absolute atomic E-state index is 0.154. The van der Waals surface area contributed by atoms with Crippen LogP contribution in [-0.2, 0) is 6.42 Å². The van der Waals surface area contributed by atoms with Gasteiger partial charge in [0.15, 0.2) is 11.5 Å². The lowest BCUT2D eigenvalue weighted by molar-refractivity contribution is 0.0804. The zero-order valence-corrected chi connectivity index (χ0v) is 8.92. The van der Waals surface area contributed by atoms with Crippen LogP contribution in [0.3, 0.4) is 0 Å². The molecule has 1 aliphatic rings. The summed E-state index contributed by atoms with van der Waals surface area (Å²) in [7, 11) is 0. The number of aromatic hydroxyl groups is 1. The molecule has 2 heteroatoms. The van der Waals surface area contributed by atoms with Crippen LogP contribution in [0.15, 0.2) is 12.1 Å². The number of hydrogen-bond donors (Lipinski definition) is 1. The molecule has 0 amide bonds. The second-order valence-electron chi connectivity index (χ2n) is 4.58. The van der Waals surface area contributed by atoms with Gasteiger partial charge in [-0.3, -0.25) is 0 Å². The third kappa shape index (κ3) is 1.45. The summed E-state index contributed by atoms with van der Waals surface area (Å²) in [5.41, 5.74) is 1.84. The van der Waals surface area contributed by atoms with Crippen molar-refractivity contribution in [3.05, 3.63) is 23.3 Å². The predicted molar refractivity (Wildman–Crippen MR) is 55.9 cm³/mol. The van der Waals surface area contributed by atoms with Crippen LogP contribution < -0.4 is 4.74 Å². The first-order valence-electron chi connectivity index (χ1n) is 5.00. The Morgan fingerprint density at radius 1 is 1.36 bits per heavy atom. The van der Waals surface area contributed by atoms with E-state index in [1.54, 1.807) is 0 Å². The number of rotatable bonds is 0. The Morgan fingerprint density at radius 2 is 2.07 bits per heavy atom. The summed E-state index contributed by atoms with van der Waals surface area (Å²) in [5, 5.41) is 9.85. The van der Waals surface area contributed by atoms with Gasteiger partial charge in [-0.1, -0.05) is 12.1 Å². The third-order valence-corrected chi connectivity index (χ3v) is 2.79. The molecule has 2 rings (SSSR count). The molecule has 0 spiro atoms. The molecule has 0 aliphatic carbocycles. The number of phenolic OH excluding ortho intramolecular Hbond substituents is 1. The van der Waals surface area contributed by atoms with Crippen LogP contribution >= 0.6 is 0 Å². The van der Waals surface area contributed by atoms with Crippen molar-refractivity contribution in [3.8, 4) is 11.5 Å². The van der Waals surface area contributed by atoms with Gasteiger partial charge in [-0.2, -0.15) is 0 Å². The van der Waals surface area contributed by atoms with Gasteiger partial charge in [-0.15, -0.1) is 0 Å². The van der Waals surface area contributed by atoms with E-state index in [1.165, 1.54) is 0 Å². The highest BCUT2D eigenvalue weighted by Gasteiger charge is 2.28. The van der Waals surface area contributed by atoms with E-state index in [1.807, 2.05) is 19.1 Å². The van der Waals surface area contributed by atoms with Gasteiger partial charge in [0.05, 0.1) is 0 Å². The van der Waals surface area contributed by atoms with Gasteiger partial charge in [0.2, 0.25) is 0 Å². The number of hydrogen-bond acceptors (Lipinski definition) is 2. The first kappa shape index (κ1) is 9.38. The molecule has 1 aliphatic heterocycles. The standard InChI is InChI=1S/C12H16O2/c1-8-4-5-9-6-7-12(2,3)14-11(9)10(8)13/h4-5,13H,6-7H2,1-3H3. The van der Waals surface area contributed by atoms with Crippen molar-refractivity contribution < 1.29 is 9.84 Å². The van der Waals surface area contributed by atoms with Gasteiger partial charge in [0.25, 0.3) is 0 Å². The summed E-state index contributed by atoms with van der Waals surface area (Å²) in [6.45, 7) is 6.00. The minimum atomic E-state index is -0.154.